The summed E-state index contributed by atoms with van der Waals surface area (Å²) in [6, 6.07) is 9.68. The summed E-state index contributed by atoms with van der Waals surface area (Å²) in [6.45, 7) is 1.81. The van der Waals surface area contributed by atoms with Gasteiger partial charge in [-0.2, -0.15) is 0 Å². The Bertz CT molecular complexity index is 1030. The SMILES string of the molecule is CC(C(=O)NC1CC1)n1c(Cc2ccccc2F)nc2cc(Cl)c(Cl)cc21. The Balaban J connectivity index is 1.81. The molecule has 1 aliphatic rings. The van der Waals surface area contributed by atoms with Gasteiger partial charge in [-0.05, 0) is 43.5 Å². The van der Waals surface area contributed by atoms with Gasteiger partial charge in [-0.25, -0.2) is 9.37 Å². The largest absolute Gasteiger partial charge is 0.352 e. The third-order valence-corrected chi connectivity index (χ3v) is 5.52. The van der Waals surface area contributed by atoms with Crippen molar-refractivity contribution >= 4 is 40.1 Å². The zero-order valence-electron chi connectivity index (χ0n) is 14.7. The summed E-state index contributed by atoms with van der Waals surface area (Å²) >= 11 is 12.3. The lowest BCUT2D eigenvalue weighted by molar-refractivity contribution is -0.124. The van der Waals surface area contributed by atoms with E-state index < -0.39 is 6.04 Å². The van der Waals surface area contributed by atoms with Crippen LogP contribution in [0.1, 0.15) is 37.2 Å². The van der Waals surface area contributed by atoms with Crippen molar-refractivity contribution in [2.45, 2.75) is 38.3 Å². The molecule has 0 spiro atoms. The van der Waals surface area contributed by atoms with Crippen molar-refractivity contribution in [1.29, 1.82) is 0 Å². The van der Waals surface area contributed by atoms with Crippen LogP contribution >= 0.6 is 23.2 Å². The van der Waals surface area contributed by atoms with E-state index in [4.69, 9.17) is 23.2 Å². The van der Waals surface area contributed by atoms with Crippen molar-refractivity contribution in [3.63, 3.8) is 0 Å². The van der Waals surface area contributed by atoms with Crippen molar-refractivity contribution < 1.29 is 9.18 Å². The molecular formula is C20H18Cl2FN3O. The average molecular weight is 406 g/mol. The van der Waals surface area contributed by atoms with E-state index in [1.54, 1.807) is 30.3 Å². The van der Waals surface area contributed by atoms with Gasteiger partial charge in [0, 0.05) is 12.5 Å². The number of amides is 1. The Hall–Kier alpha value is -2.11. The van der Waals surface area contributed by atoms with Crippen LogP contribution in [0.4, 0.5) is 4.39 Å². The highest BCUT2D eigenvalue weighted by Gasteiger charge is 2.28. The van der Waals surface area contributed by atoms with E-state index in [0.29, 0.717) is 32.5 Å². The topological polar surface area (TPSA) is 46.9 Å². The van der Waals surface area contributed by atoms with Crippen molar-refractivity contribution in [1.82, 2.24) is 14.9 Å². The van der Waals surface area contributed by atoms with Crippen LogP contribution in [-0.4, -0.2) is 21.5 Å². The highest BCUT2D eigenvalue weighted by molar-refractivity contribution is 6.42. The molecular weight excluding hydrogens is 388 g/mol. The zero-order chi connectivity index (χ0) is 19.1. The Labute approximate surface area is 166 Å². The van der Waals surface area contributed by atoms with E-state index in [1.165, 1.54) is 6.07 Å². The van der Waals surface area contributed by atoms with Gasteiger partial charge in [0.05, 0.1) is 21.1 Å². The minimum Gasteiger partial charge on any atom is -0.352 e. The molecule has 7 heteroatoms. The van der Waals surface area contributed by atoms with Crippen molar-refractivity contribution in [3.8, 4) is 0 Å². The number of carbonyl (C=O) groups is 1. The molecule has 0 aliphatic heterocycles. The van der Waals surface area contributed by atoms with Crippen LogP contribution in [0, 0.1) is 5.82 Å². The lowest BCUT2D eigenvalue weighted by atomic mass is 10.1. The van der Waals surface area contributed by atoms with Gasteiger partial charge >= 0.3 is 0 Å². The molecule has 27 heavy (non-hydrogen) atoms. The summed E-state index contributed by atoms with van der Waals surface area (Å²) in [5.41, 5.74) is 1.84. The number of rotatable bonds is 5. The fourth-order valence-electron chi connectivity index (χ4n) is 3.18. The molecule has 140 valence electrons. The third-order valence-electron chi connectivity index (χ3n) is 4.80. The van der Waals surface area contributed by atoms with Gasteiger partial charge in [-0.1, -0.05) is 41.4 Å². The molecule has 0 bridgehead atoms. The maximum absolute atomic E-state index is 14.2. The number of benzene rings is 2. The fourth-order valence-corrected chi connectivity index (χ4v) is 3.49. The first-order chi connectivity index (χ1) is 12.9. The summed E-state index contributed by atoms with van der Waals surface area (Å²) in [5.74, 6) is 0.201. The van der Waals surface area contributed by atoms with E-state index in [0.717, 1.165) is 12.8 Å². The van der Waals surface area contributed by atoms with Gasteiger partial charge in [0.15, 0.2) is 0 Å². The first kappa shape index (κ1) is 18.3. The second kappa shape index (κ2) is 7.13. The molecule has 2 aromatic carbocycles. The fraction of sp³-hybridized carbons (Fsp3) is 0.300. The van der Waals surface area contributed by atoms with Crippen molar-refractivity contribution in [3.05, 3.63) is 63.6 Å². The quantitative estimate of drug-likeness (QED) is 0.655. The molecule has 1 aromatic heterocycles. The Kier molecular flexibility index (Phi) is 4.82. The first-order valence-electron chi connectivity index (χ1n) is 8.83. The predicted octanol–water partition coefficient (Wildman–Crippen LogP) is 4.91. The minimum atomic E-state index is -0.505. The number of hydrogen-bond acceptors (Lipinski definition) is 2. The lowest BCUT2D eigenvalue weighted by Crippen LogP contribution is -2.33. The van der Waals surface area contributed by atoms with Crippen LogP contribution in [0.3, 0.4) is 0 Å². The normalized spacial score (nSPS) is 15.1. The van der Waals surface area contributed by atoms with Gasteiger partial charge in [0.25, 0.3) is 0 Å². The van der Waals surface area contributed by atoms with Gasteiger partial charge in [0.1, 0.15) is 17.7 Å². The molecule has 1 atom stereocenters. The molecule has 4 rings (SSSR count). The number of halogens is 3. The van der Waals surface area contributed by atoms with Crippen LogP contribution in [-0.2, 0) is 11.2 Å². The second-order valence-corrected chi connectivity index (χ2v) is 7.69. The number of nitrogens with one attached hydrogen (secondary N) is 1. The van der Waals surface area contributed by atoms with Crippen molar-refractivity contribution in [2.75, 3.05) is 0 Å². The first-order valence-corrected chi connectivity index (χ1v) is 9.59. The van der Waals surface area contributed by atoms with Gasteiger partial charge in [-0.15, -0.1) is 0 Å². The molecule has 1 N–H and O–H groups in total. The van der Waals surface area contributed by atoms with Gasteiger partial charge in [-0.3, -0.25) is 4.79 Å². The molecule has 1 fully saturated rings. The minimum absolute atomic E-state index is 0.0855. The second-order valence-electron chi connectivity index (χ2n) is 6.88. The molecule has 1 saturated carbocycles. The smallest absolute Gasteiger partial charge is 0.243 e. The average Bonchev–Trinajstić information content (AvgIpc) is 3.38. The molecule has 3 aromatic rings. The summed E-state index contributed by atoms with van der Waals surface area (Å²) in [5, 5.41) is 3.79. The van der Waals surface area contributed by atoms with E-state index >= 15 is 0 Å². The number of fused-ring (bicyclic) bond motifs is 1. The van der Waals surface area contributed by atoms with Crippen LogP contribution in [0.2, 0.25) is 10.0 Å². The third kappa shape index (κ3) is 3.66. The van der Waals surface area contributed by atoms with Crippen LogP contribution in [0.15, 0.2) is 36.4 Å². The molecule has 0 radical (unpaired) electrons. The van der Waals surface area contributed by atoms with E-state index in [2.05, 4.69) is 10.3 Å². The van der Waals surface area contributed by atoms with Gasteiger partial charge in [0.2, 0.25) is 5.91 Å². The Morgan fingerprint density at radius 3 is 2.70 bits per heavy atom. The molecule has 1 aliphatic carbocycles. The van der Waals surface area contributed by atoms with E-state index in [-0.39, 0.29) is 24.2 Å². The van der Waals surface area contributed by atoms with Gasteiger partial charge < -0.3 is 9.88 Å². The summed E-state index contributed by atoms with van der Waals surface area (Å²) in [7, 11) is 0. The maximum Gasteiger partial charge on any atom is 0.243 e. The van der Waals surface area contributed by atoms with E-state index in [1.807, 2.05) is 11.5 Å². The van der Waals surface area contributed by atoms with E-state index in [9.17, 15) is 9.18 Å². The highest BCUT2D eigenvalue weighted by Crippen LogP contribution is 2.31. The predicted molar refractivity (Wildman–Crippen MR) is 105 cm³/mol. The summed E-state index contributed by atoms with van der Waals surface area (Å²) < 4.78 is 16.0. The Morgan fingerprint density at radius 2 is 2.00 bits per heavy atom. The van der Waals surface area contributed by atoms with Crippen LogP contribution in [0.25, 0.3) is 11.0 Å². The van der Waals surface area contributed by atoms with Crippen molar-refractivity contribution in [2.24, 2.45) is 0 Å². The number of imidazole rings is 1. The standard InChI is InChI=1S/C20H18Cl2FN3O/c1-11(20(27)24-13-6-7-13)26-18-10-15(22)14(21)9-17(18)25-19(26)8-12-4-2-3-5-16(12)23/h2-5,9-11,13H,6-8H2,1H3,(H,24,27). The van der Waals surface area contributed by atoms with Crippen LogP contribution < -0.4 is 5.32 Å². The zero-order valence-corrected chi connectivity index (χ0v) is 16.2. The lowest BCUT2D eigenvalue weighted by Gasteiger charge is -2.18. The summed E-state index contributed by atoms with van der Waals surface area (Å²) in [4.78, 5) is 17.3. The number of hydrogen-bond donors (Lipinski definition) is 1. The molecule has 1 amide bonds. The molecule has 0 saturated heterocycles. The monoisotopic (exact) mass is 405 g/mol. The summed E-state index contributed by atoms with van der Waals surface area (Å²) in [6.07, 6.45) is 2.27. The molecule has 4 nitrogen and oxygen atoms in total. The number of carbonyl (C=O) groups excluding carboxylic acids is 1. The maximum atomic E-state index is 14.2. The molecule has 1 unspecified atom stereocenters. The Morgan fingerprint density at radius 1 is 1.30 bits per heavy atom. The number of nitrogens with zero attached hydrogens (tertiary/aromatic N) is 2. The molecule has 1 heterocycles. The van der Waals surface area contributed by atoms with Crippen LogP contribution in [0.5, 0.6) is 0 Å². The number of aromatic nitrogens is 2. The highest BCUT2D eigenvalue weighted by atomic mass is 35.5.